The zero-order valence-electron chi connectivity index (χ0n) is 16.9. The maximum absolute atomic E-state index is 11.9. The number of benzene rings is 1. The van der Waals surface area contributed by atoms with Crippen molar-refractivity contribution in [3.05, 3.63) is 29.3 Å². The van der Waals surface area contributed by atoms with Crippen LogP contribution in [-0.4, -0.2) is 46.5 Å². The van der Waals surface area contributed by atoms with E-state index in [0.717, 1.165) is 37.4 Å². The Bertz CT molecular complexity index is 921. The summed E-state index contributed by atoms with van der Waals surface area (Å²) in [5.74, 6) is -0.796. The zero-order chi connectivity index (χ0) is 22.2. The summed E-state index contributed by atoms with van der Waals surface area (Å²) in [6.07, 6.45) is 4.15. The molecule has 31 heavy (non-hydrogen) atoms. The van der Waals surface area contributed by atoms with Crippen molar-refractivity contribution in [3.63, 3.8) is 0 Å². The lowest BCUT2D eigenvalue weighted by molar-refractivity contribution is -0.145. The number of halogens is 1. The van der Waals surface area contributed by atoms with Gasteiger partial charge in [-0.25, -0.2) is 4.79 Å². The minimum absolute atomic E-state index is 0.0488. The zero-order valence-corrected chi connectivity index (χ0v) is 18.5. The van der Waals surface area contributed by atoms with E-state index in [4.69, 9.17) is 20.8 Å². The van der Waals surface area contributed by atoms with Gasteiger partial charge in [0.15, 0.2) is 6.61 Å². The molecule has 2 N–H and O–H groups in total. The van der Waals surface area contributed by atoms with E-state index < -0.39 is 24.5 Å². The molecule has 0 spiro atoms. The smallest absolute Gasteiger partial charge is 0.321 e. The molecule has 1 fully saturated rings. The lowest BCUT2D eigenvalue weighted by Crippen LogP contribution is -2.48. The van der Waals surface area contributed by atoms with Crippen molar-refractivity contribution in [2.24, 2.45) is 5.92 Å². The average molecular weight is 467 g/mol. The first-order valence-corrected chi connectivity index (χ1v) is 11.3. The molecule has 0 unspecified atom stereocenters. The fourth-order valence-corrected chi connectivity index (χ4v) is 3.87. The number of ether oxygens (including phenoxy) is 1. The maximum Gasteiger partial charge on any atom is 0.321 e. The molecule has 1 aromatic heterocycles. The Morgan fingerprint density at radius 1 is 1.19 bits per heavy atom. The van der Waals surface area contributed by atoms with Crippen LogP contribution in [0.3, 0.4) is 0 Å². The quantitative estimate of drug-likeness (QED) is 0.470. The summed E-state index contributed by atoms with van der Waals surface area (Å²) in [6, 6.07) is 6.35. The van der Waals surface area contributed by atoms with Gasteiger partial charge in [-0.2, -0.15) is 0 Å². The lowest BCUT2D eigenvalue weighted by Gasteiger charge is -2.29. The first-order chi connectivity index (χ1) is 14.9. The van der Waals surface area contributed by atoms with Gasteiger partial charge in [0, 0.05) is 16.6 Å². The molecule has 1 aromatic carbocycles. The number of urea groups is 1. The Hall–Kier alpha value is -2.59. The highest BCUT2D eigenvalue weighted by Crippen LogP contribution is 2.25. The number of carbonyl (C=O) groups is 3. The van der Waals surface area contributed by atoms with Gasteiger partial charge in [-0.1, -0.05) is 43.1 Å². The molecule has 0 radical (unpaired) electrons. The highest BCUT2D eigenvalue weighted by molar-refractivity contribution is 7.99. The van der Waals surface area contributed by atoms with Crippen molar-refractivity contribution < 1.29 is 23.5 Å². The second-order valence-corrected chi connectivity index (χ2v) is 8.58. The van der Waals surface area contributed by atoms with Crippen molar-refractivity contribution >= 4 is 41.3 Å². The van der Waals surface area contributed by atoms with Gasteiger partial charge in [0.2, 0.25) is 5.89 Å². The van der Waals surface area contributed by atoms with Crippen LogP contribution in [0.1, 0.15) is 32.6 Å². The summed E-state index contributed by atoms with van der Waals surface area (Å²) < 4.78 is 10.4. The fourth-order valence-electron chi connectivity index (χ4n) is 3.18. The Morgan fingerprint density at radius 2 is 1.94 bits per heavy atom. The van der Waals surface area contributed by atoms with Crippen LogP contribution in [0, 0.1) is 5.92 Å². The molecule has 0 saturated heterocycles. The number of aromatic nitrogens is 2. The molecule has 9 nitrogen and oxygen atoms in total. The van der Waals surface area contributed by atoms with Crippen molar-refractivity contribution in [2.75, 3.05) is 12.4 Å². The number of imide groups is 1. The molecule has 2 atom stereocenters. The molecular weight excluding hydrogens is 444 g/mol. The van der Waals surface area contributed by atoms with Crippen molar-refractivity contribution in [1.29, 1.82) is 0 Å². The Labute approximate surface area is 188 Å². The minimum atomic E-state index is -0.692. The number of nitrogens with zero attached hydrogens (tertiary/aromatic N) is 2. The van der Waals surface area contributed by atoms with Crippen molar-refractivity contribution in [1.82, 2.24) is 20.8 Å². The monoisotopic (exact) mass is 466 g/mol. The molecular formula is C20H23ClN4O5S. The number of thioether (sulfide) groups is 1. The topological polar surface area (TPSA) is 123 Å². The molecule has 0 aliphatic heterocycles. The predicted octanol–water partition coefficient (Wildman–Crippen LogP) is 3.43. The number of amides is 3. The van der Waals surface area contributed by atoms with E-state index in [-0.39, 0.29) is 17.0 Å². The fraction of sp³-hybridized carbons (Fsp3) is 0.450. The van der Waals surface area contributed by atoms with Gasteiger partial charge in [-0.3, -0.25) is 14.9 Å². The number of hydrogen-bond donors (Lipinski definition) is 2. The third-order valence-electron chi connectivity index (χ3n) is 4.86. The normalized spacial score (nSPS) is 18.3. The largest absolute Gasteiger partial charge is 0.455 e. The standard InChI is InChI=1S/C20H23ClN4O5S/c1-12-4-2-3-5-15(12)22-19(28)23-16(26)10-29-17(27)11-31-20-25-24-18(30-20)13-6-8-14(21)9-7-13/h6-9,12,15H,2-5,10-11H2,1H3,(H2,22,23,26,28)/t12-,15+/m0/s1. The summed E-state index contributed by atoms with van der Waals surface area (Å²) >= 11 is 6.83. The van der Waals surface area contributed by atoms with Gasteiger partial charge in [0.1, 0.15) is 5.75 Å². The molecule has 0 bridgehead atoms. The lowest BCUT2D eigenvalue weighted by atomic mass is 9.86. The van der Waals surface area contributed by atoms with Crippen molar-refractivity contribution in [2.45, 2.75) is 43.9 Å². The second kappa shape index (κ2) is 11.1. The molecule has 3 rings (SSSR count). The molecule has 2 aromatic rings. The summed E-state index contributed by atoms with van der Waals surface area (Å²) in [5, 5.41) is 13.5. The summed E-state index contributed by atoms with van der Waals surface area (Å²) in [7, 11) is 0. The number of nitrogens with one attached hydrogen (secondary N) is 2. The van der Waals surface area contributed by atoms with Crippen LogP contribution in [0.4, 0.5) is 4.79 Å². The van der Waals surface area contributed by atoms with Crippen LogP contribution < -0.4 is 10.6 Å². The van der Waals surface area contributed by atoms with Crippen molar-refractivity contribution in [3.8, 4) is 11.5 Å². The van der Waals surface area contributed by atoms with E-state index in [9.17, 15) is 14.4 Å². The number of rotatable bonds is 7. The van der Waals surface area contributed by atoms with E-state index in [0.29, 0.717) is 22.4 Å². The molecule has 166 valence electrons. The van der Waals surface area contributed by atoms with Crippen LogP contribution >= 0.6 is 23.4 Å². The maximum atomic E-state index is 11.9. The third-order valence-corrected chi connectivity index (χ3v) is 5.90. The van der Waals surface area contributed by atoms with E-state index in [1.807, 2.05) is 0 Å². The first-order valence-electron chi connectivity index (χ1n) is 9.89. The van der Waals surface area contributed by atoms with Gasteiger partial charge >= 0.3 is 12.0 Å². The molecule has 3 amide bonds. The molecule has 11 heteroatoms. The first kappa shape index (κ1) is 23.1. The Balaban J connectivity index is 1.35. The number of esters is 1. The highest BCUT2D eigenvalue weighted by Gasteiger charge is 2.23. The van der Waals surface area contributed by atoms with E-state index >= 15 is 0 Å². The summed E-state index contributed by atoms with van der Waals surface area (Å²) in [6.45, 7) is 1.53. The molecule has 1 aliphatic rings. The van der Waals surface area contributed by atoms with Gasteiger partial charge in [-0.15, -0.1) is 10.2 Å². The summed E-state index contributed by atoms with van der Waals surface area (Å²) in [4.78, 5) is 35.6. The molecule has 1 heterocycles. The van der Waals surface area contributed by atoms with Crippen LogP contribution in [0.5, 0.6) is 0 Å². The number of hydrogen-bond acceptors (Lipinski definition) is 8. The van der Waals surface area contributed by atoms with Crippen LogP contribution in [-0.2, 0) is 14.3 Å². The third kappa shape index (κ3) is 7.25. The Morgan fingerprint density at radius 3 is 2.68 bits per heavy atom. The second-order valence-electron chi connectivity index (χ2n) is 7.22. The predicted molar refractivity (Wildman–Crippen MR) is 115 cm³/mol. The molecule has 1 aliphatic carbocycles. The van der Waals surface area contributed by atoms with Gasteiger partial charge in [0.25, 0.3) is 11.1 Å². The van der Waals surface area contributed by atoms with Gasteiger partial charge in [0.05, 0.1) is 0 Å². The Kier molecular flexibility index (Phi) is 8.30. The minimum Gasteiger partial charge on any atom is -0.455 e. The van der Waals surface area contributed by atoms with E-state index in [1.165, 1.54) is 0 Å². The van der Waals surface area contributed by atoms with Crippen LogP contribution in [0.2, 0.25) is 5.02 Å². The van der Waals surface area contributed by atoms with Crippen LogP contribution in [0.25, 0.3) is 11.5 Å². The highest BCUT2D eigenvalue weighted by atomic mass is 35.5. The summed E-state index contributed by atoms with van der Waals surface area (Å²) in [5.41, 5.74) is 0.698. The van der Waals surface area contributed by atoms with Crippen LogP contribution in [0.15, 0.2) is 33.9 Å². The van der Waals surface area contributed by atoms with Gasteiger partial charge < -0.3 is 14.5 Å². The van der Waals surface area contributed by atoms with E-state index in [2.05, 4.69) is 27.8 Å². The number of carbonyl (C=O) groups excluding carboxylic acids is 3. The van der Waals surface area contributed by atoms with E-state index in [1.54, 1.807) is 24.3 Å². The SMILES string of the molecule is C[C@H]1CCCC[C@H]1NC(=O)NC(=O)COC(=O)CSc1nnc(-c2ccc(Cl)cc2)o1. The molecule has 1 saturated carbocycles. The average Bonchev–Trinajstić information content (AvgIpc) is 3.22. The van der Waals surface area contributed by atoms with Gasteiger partial charge in [-0.05, 0) is 43.0 Å².